The molecule has 0 spiro atoms. The molecule has 0 unspecified atom stereocenters. The van der Waals surface area contributed by atoms with Crippen LogP contribution in [0.4, 0.5) is 5.13 Å². The van der Waals surface area contributed by atoms with Crippen LogP contribution in [0.15, 0.2) is 53.7 Å². The molecule has 10 heteroatoms. The topological polar surface area (TPSA) is 102 Å². The lowest BCUT2D eigenvalue weighted by Gasteiger charge is -2.15. The molecule has 2 amide bonds. The van der Waals surface area contributed by atoms with Crippen molar-refractivity contribution >= 4 is 50.3 Å². The van der Waals surface area contributed by atoms with E-state index in [1.807, 2.05) is 61.7 Å². The number of thiazole rings is 1. The molecule has 1 atom stereocenters. The molecule has 4 aromatic rings. The predicted molar refractivity (Wildman–Crippen MR) is 132 cm³/mol. The molecular formula is C23H24N6O2S2. The van der Waals surface area contributed by atoms with Gasteiger partial charge in [-0.25, -0.2) is 4.98 Å². The third kappa shape index (κ3) is 5.40. The van der Waals surface area contributed by atoms with Crippen molar-refractivity contribution in [2.45, 2.75) is 38.5 Å². The number of benzene rings is 2. The number of fused-ring (bicyclic) bond motifs is 1. The number of anilines is 1. The highest BCUT2D eigenvalue weighted by Crippen LogP contribution is 2.26. The highest BCUT2D eigenvalue weighted by Gasteiger charge is 2.20. The first-order chi connectivity index (χ1) is 15.9. The summed E-state index contributed by atoms with van der Waals surface area (Å²) in [6.45, 7) is 6.45. The maximum absolute atomic E-state index is 12.6. The van der Waals surface area contributed by atoms with E-state index in [0.717, 1.165) is 15.8 Å². The summed E-state index contributed by atoms with van der Waals surface area (Å²) in [6, 6.07) is 14.8. The number of hydrogen-bond donors (Lipinski definition) is 2. The van der Waals surface area contributed by atoms with Crippen LogP contribution in [0.2, 0.25) is 0 Å². The van der Waals surface area contributed by atoms with E-state index in [-0.39, 0.29) is 23.6 Å². The second kappa shape index (κ2) is 10.1. The second-order valence-corrected chi connectivity index (χ2v) is 9.44. The number of nitrogens with one attached hydrogen (secondary N) is 2. The van der Waals surface area contributed by atoms with Crippen LogP contribution in [0, 0.1) is 6.92 Å². The monoisotopic (exact) mass is 480 g/mol. The Morgan fingerprint density at radius 3 is 2.61 bits per heavy atom. The third-order valence-corrected chi connectivity index (χ3v) is 6.90. The lowest BCUT2D eigenvalue weighted by molar-refractivity contribution is -0.113. The molecule has 2 aromatic carbocycles. The molecule has 0 aliphatic rings. The quantitative estimate of drug-likeness (QED) is 0.362. The number of aromatic nitrogens is 4. The van der Waals surface area contributed by atoms with Gasteiger partial charge in [-0.05, 0) is 45.0 Å². The molecule has 0 fully saturated rings. The molecule has 2 heterocycles. The summed E-state index contributed by atoms with van der Waals surface area (Å²) in [5, 5.41) is 15.5. The zero-order valence-electron chi connectivity index (χ0n) is 18.5. The van der Waals surface area contributed by atoms with E-state index in [4.69, 9.17) is 0 Å². The fraction of sp³-hybridized carbons (Fsp3) is 0.261. The maximum Gasteiger partial charge on any atom is 0.251 e. The summed E-state index contributed by atoms with van der Waals surface area (Å²) in [5.41, 5.74) is 2.55. The fourth-order valence-electron chi connectivity index (χ4n) is 3.28. The average Bonchev–Trinajstić information content (AvgIpc) is 3.41. The highest BCUT2D eigenvalue weighted by atomic mass is 32.2. The van der Waals surface area contributed by atoms with Crippen molar-refractivity contribution in [3.05, 3.63) is 65.5 Å². The Hall–Kier alpha value is -3.24. The van der Waals surface area contributed by atoms with E-state index < -0.39 is 0 Å². The molecule has 0 bridgehead atoms. The minimum absolute atomic E-state index is 0.160. The standard InChI is InChI=1S/C23H24N6O2S2/c1-4-29-20(15(3)24-21(31)16-11-9-14(2)10-12-16)27-28-23(29)32-13-19(30)26-22-25-17-7-5-6-8-18(17)33-22/h5-12,15H,4,13H2,1-3H3,(H,24,31)(H,25,26,30)/t15-/m1/s1. The number of carbonyl (C=O) groups excluding carboxylic acids is 2. The van der Waals surface area contributed by atoms with E-state index in [1.54, 1.807) is 12.1 Å². The molecule has 2 aromatic heterocycles. The summed E-state index contributed by atoms with van der Waals surface area (Å²) >= 11 is 2.74. The van der Waals surface area contributed by atoms with E-state index in [0.29, 0.717) is 28.2 Å². The van der Waals surface area contributed by atoms with Gasteiger partial charge in [0.05, 0.1) is 22.0 Å². The Balaban J connectivity index is 1.37. The van der Waals surface area contributed by atoms with Gasteiger partial charge in [0.1, 0.15) is 0 Å². The first-order valence-electron chi connectivity index (χ1n) is 10.5. The number of amides is 2. The number of aryl methyl sites for hydroxylation is 1. The normalized spacial score (nSPS) is 12.0. The van der Waals surface area contributed by atoms with Crippen molar-refractivity contribution in [3.63, 3.8) is 0 Å². The molecule has 2 N–H and O–H groups in total. The van der Waals surface area contributed by atoms with E-state index in [1.165, 1.54) is 23.1 Å². The van der Waals surface area contributed by atoms with Crippen LogP contribution in [0.5, 0.6) is 0 Å². The summed E-state index contributed by atoms with van der Waals surface area (Å²) in [4.78, 5) is 29.4. The molecule has 33 heavy (non-hydrogen) atoms. The zero-order valence-corrected chi connectivity index (χ0v) is 20.2. The van der Waals surface area contributed by atoms with Crippen molar-refractivity contribution in [1.82, 2.24) is 25.1 Å². The Bertz CT molecular complexity index is 1250. The molecule has 8 nitrogen and oxygen atoms in total. The summed E-state index contributed by atoms with van der Waals surface area (Å²) in [6.07, 6.45) is 0. The van der Waals surface area contributed by atoms with Gasteiger partial charge in [0, 0.05) is 12.1 Å². The molecule has 170 valence electrons. The Kier molecular flexibility index (Phi) is 7.05. The van der Waals surface area contributed by atoms with Crippen LogP contribution in [0.3, 0.4) is 0 Å². The minimum atomic E-state index is -0.336. The average molecular weight is 481 g/mol. The van der Waals surface area contributed by atoms with Gasteiger partial charge in [0.15, 0.2) is 16.1 Å². The van der Waals surface area contributed by atoms with Crippen molar-refractivity contribution in [3.8, 4) is 0 Å². The number of carbonyl (C=O) groups is 2. The van der Waals surface area contributed by atoms with Gasteiger partial charge in [-0.2, -0.15) is 0 Å². The first kappa shape index (κ1) is 22.9. The van der Waals surface area contributed by atoms with E-state index in [2.05, 4.69) is 25.8 Å². The van der Waals surface area contributed by atoms with Gasteiger partial charge in [0.2, 0.25) is 5.91 Å². The van der Waals surface area contributed by atoms with Crippen molar-refractivity contribution < 1.29 is 9.59 Å². The highest BCUT2D eigenvalue weighted by molar-refractivity contribution is 7.99. The number of nitrogens with zero attached hydrogens (tertiary/aromatic N) is 4. The third-order valence-electron chi connectivity index (χ3n) is 4.98. The number of hydrogen-bond acceptors (Lipinski definition) is 7. The van der Waals surface area contributed by atoms with Crippen molar-refractivity contribution in [1.29, 1.82) is 0 Å². The van der Waals surface area contributed by atoms with Crippen LogP contribution in [-0.4, -0.2) is 37.3 Å². The minimum Gasteiger partial charge on any atom is -0.342 e. The predicted octanol–water partition coefficient (Wildman–Crippen LogP) is 4.44. The Morgan fingerprint density at radius 1 is 1.12 bits per heavy atom. The second-order valence-electron chi connectivity index (χ2n) is 7.47. The SMILES string of the molecule is CCn1c(SCC(=O)Nc2nc3ccccc3s2)nnc1[C@@H](C)NC(=O)c1ccc(C)cc1. The number of rotatable bonds is 8. The molecule has 0 aliphatic carbocycles. The first-order valence-corrected chi connectivity index (χ1v) is 12.3. The van der Waals surface area contributed by atoms with Gasteiger partial charge in [-0.1, -0.05) is 52.9 Å². The van der Waals surface area contributed by atoms with Gasteiger partial charge in [0.25, 0.3) is 5.91 Å². The largest absolute Gasteiger partial charge is 0.342 e. The molecular weight excluding hydrogens is 456 g/mol. The van der Waals surface area contributed by atoms with Gasteiger partial charge >= 0.3 is 0 Å². The maximum atomic E-state index is 12.6. The molecule has 4 rings (SSSR count). The van der Waals surface area contributed by atoms with E-state index >= 15 is 0 Å². The van der Waals surface area contributed by atoms with Gasteiger partial charge in [-0.3, -0.25) is 9.59 Å². The Morgan fingerprint density at radius 2 is 1.88 bits per heavy atom. The fourth-order valence-corrected chi connectivity index (χ4v) is 4.98. The van der Waals surface area contributed by atoms with Crippen LogP contribution in [0.1, 0.15) is 41.6 Å². The van der Waals surface area contributed by atoms with E-state index in [9.17, 15) is 9.59 Å². The summed E-state index contributed by atoms with van der Waals surface area (Å²) < 4.78 is 2.94. The van der Waals surface area contributed by atoms with Gasteiger partial charge in [-0.15, -0.1) is 10.2 Å². The van der Waals surface area contributed by atoms with Gasteiger partial charge < -0.3 is 15.2 Å². The van der Waals surface area contributed by atoms with Crippen LogP contribution in [-0.2, 0) is 11.3 Å². The Labute approximate surface area is 199 Å². The zero-order chi connectivity index (χ0) is 23.4. The molecule has 0 saturated carbocycles. The van der Waals surface area contributed by atoms with Crippen molar-refractivity contribution in [2.24, 2.45) is 0 Å². The smallest absolute Gasteiger partial charge is 0.251 e. The molecule has 0 aliphatic heterocycles. The van der Waals surface area contributed by atoms with Crippen LogP contribution < -0.4 is 10.6 Å². The lowest BCUT2D eigenvalue weighted by Crippen LogP contribution is -2.28. The summed E-state index contributed by atoms with van der Waals surface area (Å²) in [5.74, 6) is 0.495. The summed E-state index contributed by atoms with van der Waals surface area (Å²) in [7, 11) is 0. The van der Waals surface area contributed by atoms with Crippen molar-refractivity contribution in [2.75, 3.05) is 11.1 Å². The molecule has 0 saturated heterocycles. The van der Waals surface area contributed by atoms with Crippen LogP contribution in [0.25, 0.3) is 10.2 Å². The number of thioether (sulfide) groups is 1. The molecule has 0 radical (unpaired) electrons. The van der Waals surface area contributed by atoms with Crippen LogP contribution >= 0.6 is 23.1 Å². The lowest BCUT2D eigenvalue weighted by atomic mass is 10.1. The number of para-hydroxylation sites is 1.